The Bertz CT molecular complexity index is 407. The summed E-state index contributed by atoms with van der Waals surface area (Å²) in [4.78, 5) is 2.15. The van der Waals surface area contributed by atoms with Crippen LogP contribution >= 0.6 is 11.6 Å². The molecule has 2 nitrogen and oxygen atoms in total. The predicted octanol–water partition coefficient (Wildman–Crippen LogP) is 3.28. The first kappa shape index (κ1) is 13.6. The Balaban J connectivity index is 1.88. The molecule has 0 aromatic heterocycles. The summed E-state index contributed by atoms with van der Waals surface area (Å²) in [6, 6.07) is 5.02. The van der Waals surface area contributed by atoms with Crippen LogP contribution in [0.25, 0.3) is 0 Å². The number of hydrogen-bond donors (Lipinski definition) is 0. The van der Waals surface area contributed by atoms with Crippen LogP contribution in [0.2, 0.25) is 0 Å². The number of benzene rings is 1. The van der Waals surface area contributed by atoms with Crippen molar-refractivity contribution in [3.63, 3.8) is 0 Å². The van der Waals surface area contributed by atoms with Gasteiger partial charge in [0, 0.05) is 30.1 Å². The van der Waals surface area contributed by atoms with Gasteiger partial charge in [-0.2, -0.15) is 0 Å². The van der Waals surface area contributed by atoms with E-state index in [1.165, 1.54) is 6.07 Å². The lowest BCUT2D eigenvalue weighted by Gasteiger charge is -2.34. The molecule has 4 heteroatoms. The lowest BCUT2D eigenvalue weighted by molar-refractivity contribution is 0.202. The van der Waals surface area contributed by atoms with Crippen LogP contribution in [0.15, 0.2) is 18.2 Å². The van der Waals surface area contributed by atoms with Crippen molar-refractivity contribution in [1.82, 2.24) is 4.90 Å². The van der Waals surface area contributed by atoms with E-state index in [0.717, 1.165) is 19.4 Å². The molecular formula is C14H19ClFNO. The first-order valence-corrected chi connectivity index (χ1v) is 6.67. The molecule has 1 aliphatic carbocycles. The maximum atomic E-state index is 13.8. The summed E-state index contributed by atoms with van der Waals surface area (Å²) >= 11 is 5.95. The lowest BCUT2D eigenvalue weighted by atomic mass is 9.84. The van der Waals surface area contributed by atoms with Crippen LogP contribution in [0.4, 0.5) is 4.39 Å². The third-order valence-corrected chi connectivity index (χ3v) is 3.80. The molecule has 0 heterocycles. The Morgan fingerprint density at radius 3 is 2.72 bits per heavy atom. The first-order valence-electron chi connectivity index (χ1n) is 6.23. The van der Waals surface area contributed by atoms with Crippen LogP contribution in [0.3, 0.4) is 0 Å². The number of halogens is 2. The average molecular weight is 272 g/mol. The Morgan fingerprint density at radius 2 is 2.17 bits per heavy atom. The van der Waals surface area contributed by atoms with Gasteiger partial charge in [-0.25, -0.2) is 4.39 Å². The summed E-state index contributed by atoms with van der Waals surface area (Å²) in [6.07, 6.45) is 2.16. The summed E-state index contributed by atoms with van der Waals surface area (Å²) in [7, 11) is 3.56. The Labute approximate surface area is 113 Å². The van der Waals surface area contributed by atoms with E-state index < -0.39 is 0 Å². The van der Waals surface area contributed by atoms with Crippen molar-refractivity contribution in [2.75, 3.05) is 20.7 Å². The minimum Gasteiger partial charge on any atom is -0.497 e. The summed E-state index contributed by atoms with van der Waals surface area (Å²) in [6.45, 7) is 1.61. The summed E-state index contributed by atoms with van der Waals surface area (Å²) < 4.78 is 18.8. The molecule has 0 aliphatic heterocycles. The Morgan fingerprint density at radius 1 is 1.44 bits per heavy atom. The molecule has 0 spiro atoms. The largest absolute Gasteiger partial charge is 0.497 e. The minimum atomic E-state index is -0.204. The van der Waals surface area contributed by atoms with E-state index >= 15 is 0 Å². The van der Waals surface area contributed by atoms with Gasteiger partial charge in [0.2, 0.25) is 0 Å². The lowest BCUT2D eigenvalue weighted by Crippen LogP contribution is -2.34. The van der Waals surface area contributed by atoms with Gasteiger partial charge in [-0.3, -0.25) is 0 Å². The van der Waals surface area contributed by atoms with Gasteiger partial charge in [-0.05, 0) is 31.9 Å². The minimum absolute atomic E-state index is 0.204. The van der Waals surface area contributed by atoms with Crippen molar-refractivity contribution in [2.24, 2.45) is 5.92 Å². The molecule has 1 aliphatic rings. The molecule has 0 unspecified atom stereocenters. The highest BCUT2D eigenvalue weighted by atomic mass is 35.5. The second-order valence-corrected chi connectivity index (χ2v) is 5.71. The molecule has 1 aromatic carbocycles. The van der Waals surface area contributed by atoms with Gasteiger partial charge in [-0.15, -0.1) is 11.6 Å². The molecule has 0 saturated heterocycles. The second kappa shape index (κ2) is 5.89. The SMILES string of the molecule is COc1ccc(CN(C)CC2CC(Cl)C2)c(F)c1. The van der Waals surface area contributed by atoms with Gasteiger partial charge in [0.15, 0.2) is 0 Å². The van der Waals surface area contributed by atoms with Gasteiger partial charge < -0.3 is 9.64 Å². The normalized spacial score (nSPS) is 22.9. The molecule has 18 heavy (non-hydrogen) atoms. The maximum Gasteiger partial charge on any atom is 0.131 e. The monoisotopic (exact) mass is 271 g/mol. The quantitative estimate of drug-likeness (QED) is 0.762. The van der Waals surface area contributed by atoms with Crippen LogP contribution in [-0.4, -0.2) is 31.0 Å². The molecule has 2 rings (SSSR count). The molecule has 1 aromatic rings. The van der Waals surface area contributed by atoms with Crippen molar-refractivity contribution >= 4 is 11.6 Å². The smallest absolute Gasteiger partial charge is 0.131 e. The van der Waals surface area contributed by atoms with Gasteiger partial charge >= 0.3 is 0 Å². The molecule has 0 radical (unpaired) electrons. The number of rotatable bonds is 5. The number of alkyl halides is 1. The molecule has 1 saturated carbocycles. The maximum absolute atomic E-state index is 13.8. The van der Waals surface area contributed by atoms with Crippen LogP contribution in [0.5, 0.6) is 5.75 Å². The number of nitrogens with zero attached hydrogens (tertiary/aromatic N) is 1. The predicted molar refractivity (Wildman–Crippen MR) is 71.7 cm³/mol. The fourth-order valence-corrected chi connectivity index (χ4v) is 2.89. The van der Waals surface area contributed by atoms with Crippen LogP contribution in [-0.2, 0) is 6.54 Å². The van der Waals surface area contributed by atoms with Gasteiger partial charge in [0.05, 0.1) is 7.11 Å². The number of ether oxygens (including phenoxy) is 1. The summed E-state index contributed by atoms with van der Waals surface area (Å²) in [5.74, 6) is 1.02. The molecule has 0 N–H and O–H groups in total. The van der Waals surface area contributed by atoms with Crippen molar-refractivity contribution < 1.29 is 9.13 Å². The van der Waals surface area contributed by atoms with E-state index in [9.17, 15) is 4.39 Å². The first-order chi connectivity index (χ1) is 8.58. The van der Waals surface area contributed by atoms with E-state index in [4.69, 9.17) is 16.3 Å². The molecule has 1 fully saturated rings. The number of methoxy groups -OCH3 is 1. The van der Waals surface area contributed by atoms with Gasteiger partial charge in [0.25, 0.3) is 0 Å². The molecule has 0 atom stereocenters. The molecule has 0 amide bonds. The fourth-order valence-electron chi connectivity index (χ4n) is 2.38. The van der Waals surface area contributed by atoms with Gasteiger partial charge in [-0.1, -0.05) is 6.07 Å². The highest BCUT2D eigenvalue weighted by molar-refractivity contribution is 6.21. The van der Waals surface area contributed by atoms with Crippen molar-refractivity contribution in [3.05, 3.63) is 29.6 Å². The average Bonchev–Trinajstić information content (AvgIpc) is 2.30. The zero-order valence-electron chi connectivity index (χ0n) is 10.8. The molecule has 0 bridgehead atoms. The standard InChI is InChI=1S/C14H19ClFNO/c1-17(8-10-5-12(15)6-10)9-11-3-4-13(18-2)7-14(11)16/h3-4,7,10,12H,5-6,8-9H2,1-2H3. The van der Waals surface area contributed by atoms with Crippen molar-refractivity contribution in [1.29, 1.82) is 0 Å². The highest BCUT2D eigenvalue weighted by Gasteiger charge is 2.27. The van der Waals surface area contributed by atoms with Crippen molar-refractivity contribution in [2.45, 2.75) is 24.8 Å². The summed E-state index contributed by atoms with van der Waals surface area (Å²) in [5, 5.41) is 0.348. The second-order valence-electron chi connectivity index (χ2n) is 5.09. The van der Waals surface area contributed by atoms with Gasteiger partial charge in [0.1, 0.15) is 11.6 Å². The topological polar surface area (TPSA) is 12.5 Å². The van der Waals surface area contributed by atoms with E-state index in [-0.39, 0.29) is 5.82 Å². The summed E-state index contributed by atoms with van der Waals surface area (Å²) in [5.41, 5.74) is 0.708. The fraction of sp³-hybridized carbons (Fsp3) is 0.571. The van der Waals surface area contributed by atoms with E-state index in [1.807, 2.05) is 7.05 Å². The Kier molecular flexibility index (Phi) is 4.46. The van der Waals surface area contributed by atoms with Crippen LogP contribution < -0.4 is 4.74 Å². The third-order valence-electron chi connectivity index (χ3n) is 3.45. The van der Waals surface area contributed by atoms with Crippen molar-refractivity contribution in [3.8, 4) is 5.75 Å². The zero-order valence-corrected chi connectivity index (χ0v) is 11.6. The molecular weight excluding hydrogens is 253 g/mol. The van der Waals surface area contributed by atoms with Crippen LogP contribution in [0, 0.1) is 11.7 Å². The van der Waals surface area contributed by atoms with E-state index in [0.29, 0.717) is 29.2 Å². The van der Waals surface area contributed by atoms with Crippen LogP contribution in [0.1, 0.15) is 18.4 Å². The highest BCUT2D eigenvalue weighted by Crippen LogP contribution is 2.32. The van der Waals surface area contributed by atoms with E-state index in [2.05, 4.69) is 4.90 Å². The number of hydrogen-bond acceptors (Lipinski definition) is 2. The zero-order chi connectivity index (χ0) is 13.1. The third kappa shape index (κ3) is 3.36. The van der Waals surface area contributed by atoms with E-state index in [1.54, 1.807) is 19.2 Å². The Hall–Kier alpha value is -0.800. The molecule has 100 valence electrons.